The first-order valence-electron chi connectivity index (χ1n) is 5.54. The van der Waals surface area contributed by atoms with E-state index in [9.17, 15) is 8.42 Å². The number of nitrogen functional groups attached to an aromatic ring is 1. The molecular formula is C12H12Cl2N2O2S2. The topological polar surface area (TPSA) is 63.4 Å². The summed E-state index contributed by atoms with van der Waals surface area (Å²) in [5, 5.41) is 2.54. The van der Waals surface area contributed by atoms with Gasteiger partial charge in [-0.25, -0.2) is 8.42 Å². The van der Waals surface area contributed by atoms with Crippen molar-refractivity contribution in [3.8, 4) is 0 Å². The van der Waals surface area contributed by atoms with E-state index < -0.39 is 10.0 Å². The highest BCUT2D eigenvalue weighted by atomic mass is 35.5. The van der Waals surface area contributed by atoms with E-state index in [0.29, 0.717) is 15.7 Å². The van der Waals surface area contributed by atoms with Crippen LogP contribution < -0.4 is 5.73 Å². The van der Waals surface area contributed by atoms with Crippen LogP contribution in [0.15, 0.2) is 33.9 Å². The van der Waals surface area contributed by atoms with Crippen LogP contribution in [0.25, 0.3) is 0 Å². The number of sulfonamides is 1. The summed E-state index contributed by atoms with van der Waals surface area (Å²) in [6.45, 7) is 0.181. The third-order valence-electron chi connectivity index (χ3n) is 2.59. The molecule has 0 saturated heterocycles. The Morgan fingerprint density at radius 2 is 1.80 bits per heavy atom. The van der Waals surface area contributed by atoms with Crippen LogP contribution in [0.5, 0.6) is 0 Å². The van der Waals surface area contributed by atoms with E-state index in [0.717, 1.165) is 16.9 Å². The molecule has 1 aromatic carbocycles. The number of hydrogen-bond acceptors (Lipinski definition) is 4. The molecule has 0 aliphatic rings. The van der Waals surface area contributed by atoms with E-state index in [-0.39, 0.29) is 10.8 Å². The number of benzene rings is 1. The average molecular weight is 351 g/mol. The van der Waals surface area contributed by atoms with Crippen molar-refractivity contribution in [3.63, 3.8) is 0 Å². The number of nitrogens with zero attached hydrogens (tertiary/aromatic N) is 1. The fourth-order valence-corrected chi connectivity index (χ4v) is 4.68. The second-order valence-electron chi connectivity index (χ2n) is 4.24. The molecule has 8 heteroatoms. The summed E-state index contributed by atoms with van der Waals surface area (Å²) < 4.78 is 26.1. The molecule has 1 heterocycles. The molecule has 0 atom stereocenters. The molecule has 108 valence electrons. The molecule has 0 fully saturated rings. The molecule has 0 amide bonds. The first-order chi connectivity index (χ1) is 9.29. The lowest BCUT2D eigenvalue weighted by Crippen LogP contribution is -2.25. The number of hydrogen-bond donors (Lipinski definition) is 1. The van der Waals surface area contributed by atoms with Crippen molar-refractivity contribution >= 4 is 50.2 Å². The Morgan fingerprint density at radius 3 is 2.30 bits per heavy atom. The molecule has 0 bridgehead atoms. The molecule has 4 nitrogen and oxygen atoms in total. The van der Waals surface area contributed by atoms with Crippen molar-refractivity contribution in [2.24, 2.45) is 0 Å². The maximum absolute atomic E-state index is 12.3. The van der Waals surface area contributed by atoms with Crippen LogP contribution >= 0.6 is 34.5 Å². The van der Waals surface area contributed by atoms with Crippen molar-refractivity contribution in [1.82, 2.24) is 4.31 Å². The van der Waals surface area contributed by atoms with Crippen LogP contribution in [0.4, 0.5) is 5.69 Å². The van der Waals surface area contributed by atoms with Crippen LogP contribution in [0.1, 0.15) is 5.56 Å². The lowest BCUT2D eigenvalue weighted by atomic mass is 10.2. The maximum atomic E-state index is 12.3. The minimum Gasteiger partial charge on any atom is -0.398 e. The normalized spacial score (nSPS) is 12.0. The summed E-state index contributed by atoms with van der Waals surface area (Å²) in [7, 11) is -2.06. The van der Waals surface area contributed by atoms with E-state index in [1.807, 2.05) is 0 Å². The second-order valence-corrected chi connectivity index (χ2v) is 8.29. The van der Waals surface area contributed by atoms with Crippen LogP contribution in [-0.2, 0) is 16.6 Å². The molecule has 0 spiro atoms. The third kappa shape index (κ3) is 3.45. The van der Waals surface area contributed by atoms with Gasteiger partial charge in [-0.15, -0.1) is 11.3 Å². The van der Waals surface area contributed by atoms with Crippen molar-refractivity contribution in [3.05, 3.63) is 45.3 Å². The van der Waals surface area contributed by atoms with Crippen molar-refractivity contribution in [2.75, 3.05) is 12.8 Å². The number of halogens is 2. The smallest absolute Gasteiger partial charge is 0.252 e. The summed E-state index contributed by atoms with van der Waals surface area (Å²) in [5.41, 5.74) is 6.72. The summed E-state index contributed by atoms with van der Waals surface area (Å²) in [6, 6.07) is 6.41. The molecule has 2 N–H and O–H groups in total. The Kier molecular flexibility index (Phi) is 4.61. The zero-order valence-corrected chi connectivity index (χ0v) is 13.7. The van der Waals surface area contributed by atoms with Crippen molar-refractivity contribution < 1.29 is 8.42 Å². The minimum absolute atomic E-state index is 0.181. The molecule has 20 heavy (non-hydrogen) atoms. The molecule has 0 saturated carbocycles. The fourth-order valence-electron chi connectivity index (χ4n) is 1.66. The summed E-state index contributed by atoms with van der Waals surface area (Å²) >= 11 is 12.9. The molecule has 0 unspecified atom stereocenters. The van der Waals surface area contributed by atoms with Gasteiger partial charge in [0.25, 0.3) is 10.0 Å². The van der Waals surface area contributed by atoms with E-state index >= 15 is 0 Å². The van der Waals surface area contributed by atoms with Gasteiger partial charge in [0, 0.05) is 34.7 Å². The average Bonchev–Trinajstić information content (AvgIpc) is 2.75. The van der Waals surface area contributed by atoms with E-state index in [1.54, 1.807) is 23.6 Å². The first kappa shape index (κ1) is 15.6. The summed E-state index contributed by atoms with van der Waals surface area (Å²) in [6.07, 6.45) is 0. The first-order valence-corrected chi connectivity index (χ1v) is 8.62. The Hall–Kier alpha value is -0.790. The summed E-state index contributed by atoms with van der Waals surface area (Å²) in [4.78, 5) is 0. The quantitative estimate of drug-likeness (QED) is 0.918. The minimum atomic E-state index is -3.56. The monoisotopic (exact) mass is 350 g/mol. The lowest BCUT2D eigenvalue weighted by molar-refractivity contribution is 0.468. The lowest BCUT2D eigenvalue weighted by Gasteiger charge is -2.16. The Bertz CT molecular complexity index is 709. The van der Waals surface area contributed by atoms with Gasteiger partial charge < -0.3 is 5.73 Å². The fraction of sp³-hybridized carbons (Fsp3) is 0.167. The van der Waals surface area contributed by atoms with Gasteiger partial charge in [-0.2, -0.15) is 4.31 Å². The van der Waals surface area contributed by atoms with Gasteiger partial charge in [0.1, 0.15) is 4.21 Å². The van der Waals surface area contributed by atoms with Gasteiger partial charge in [-0.1, -0.05) is 23.2 Å². The van der Waals surface area contributed by atoms with Crippen LogP contribution in [0, 0.1) is 0 Å². The van der Waals surface area contributed by atoms with Gasteiger partial charge in [0.05, 0.1) is 0 Å². The van der Waals surface area contributed by atoms with Gasteiger partial charge in [0.15, 0.2) is 0 Å². The van der Waals surface area contributed by atoms with Crippen LogP contribution in [0.3, 0.4) is 0 Å². The zero-order chi connectivity index (χ0) is 14.9. The standard InChI is InChI=1S/C12H12Cl2N2O2S2/c1-16(6-8-2-9(13)4-10(14)3-8)20(17,18)12-5-11(15)7-19-12/h2-5,7H,6,15H2,1H3. The molecule has 1 aromatic heterocycles. The number of thiophene rings is 1. The zero-order valence-electron chi connectivity index (χ0n) is 10.5. The SMILES string of the molecule is CN(Cc1cc(Cl)cc(Cl)c1)S(=O)(=O)c1cc(N)cs1. The number of anilines is 1. The van der Waals surface area contributed by atoms with E-state index in [4.69, 9.17) is 28.9 Å². The van der Waals surface area contributed by atoms with Crippen molar-refractivity contribution in [1.29, 1.82) is 0 Å². The highest BCUT2D eigenvalue weighted by molar-refractivity contribution is 7.91. The molecule has 2 aromatic rings. The molecular weight excluding hydrogens is 339 g/mol. The van der Waals surface area contributed by atoms with Gasteiger partial charge in [0.2, 0.25) is 0 Å². The highest BCUT2D eigenvalue weighted by Crippen LogP contribution is 2.26. The van der Waals surface area contributed by atoms with E-state index in [2.05, 4.69) is 0 Å². The van der Waals surface area contributed by atoms with E-state index in [1.165, 1.54) is 17.4 Å². The third-order valence-corrected chi connectivity index (χ3v) is 6.26. The van der Waals surface area contributed by atoms with Gasteiger partial charge in [-0.3, -0.25) is 0 Å². The predicted molar refractivity (Wildman–Crippen MR) is 83.8 cm³/mol. The molecule has 0 aliphatic heterocycles. The maximum Gasteiger partial charge on any atom is 0.252 e. The largest absolute Gasteiger partial charge is 0.398 e. The Morgan fingerprint density at radius 1 is 1.20 bits per heavy atom. The molecule has 2 rings (SSSR count). The van der Waals surface area contributed by atoms with Gasteiger partial charge in [-0.05, 0) is 29.8 Å². The second kappa shape index (κ2) is 5.91. The Labute approximate surface area is 131 Å². The van der Waals surface area contributed by atoms with Crippen LogP contribution in [0.2, 0.25) is 10.0 Å². The van der Waals surface area contributed by atoms with Crippen LogP contribution in [-0.4, -0.2) is 19.8 Å². The number of rotatable bonds is 4. The molecule has 0 radical (unpaired) electrons. The highest BCUT2D eigenvalue weighted by Gasteiger charge is 2.22. The van der Waals surface area contributed by atoms with Gasteiger partial charge >= 0.3 is 0 Å². The molecule has 0 aliphatic carbocycles. The predicted octanol–water partition coefficient (Wildman–Crippen LogP) is 3.46. The number of nitrogens with two attached hydrogens (primary N) is 1. The summed E-state index contributed by atoms with van der Waals surface area (Å²) in [5.74, 6) is 0. The van der Waals surface area contributed by atoms with Crippen molar-refractivity contribution in [2.45, 2.75) is 10.8 Å². The Balaban J connectivity index is 2.25.